The van der Waals surface area contributed by atoms with E-state index in [1.807, 2.05) is 0 Å². The van der Waals surface area contributed by atoms with Gasteiger partial charge < -0.3 is 15.3 Å². The molecule has 21 heavy (non-hydrogen) atoms. The molecule has 0 aromatic rings. The summed E-state index contributed by atoms with van der Waals surface area (Å²) in [4.78, 5) is 24.1. The molecule has 2 rings (SSSR count). The highest BCUT2D eigenvalue weighted by molar-refractivity contribution is 5.76. The maximum absolute atomic E-state index is 12.6. The van der Waals surface area contributed by atoms with Crippen molar-refractivity contribution in [2.24, 2.45) is 11.8 Å². The zero-order valence-electron chi connectivity index (χ0n) is 11.5. The van der Waals surface area contributed by atoms with Crippen LogP contribution in [0.4, 0.5) is 18.0 Å². The molecule has 0 aromatic heterocycles. The summed E-state index contributed by atoms with van der Waals surface area (Å²) in [5.74, 6) is -2.15. The largest absolute Gasteiger partial charge is 0.481 e. The molecule has 8 heteroatoms. The van der Waals surface area contributed by atoms with E-state index < -0.39 is 30.1 Å². The van der Waals surface area contributed by atoms with Crippen molar-refractivity contribution in [3.63, 3.8) is 0 Å². The number of alkyl halides is 3. The van der Waals surface area contributed by atoms with E-state index in [0.717, 1.165) is 12.8 Å². The highest BCUT2D eigenvalue weighted by atomic mass is 19.4. The number of urea groups is 1. The first-order valence-corrected chi connectivity index (χ1v) is 7.11. The van der Waals surface area contributed by atoms with Gasteiger partial charge in [-0.15, -0.1) is 0 Å². The minimum atomic E-state index is -4.21. The summed E-state index contributed by atoms with van der Waals surface area (Å²) >= 11 is 0. The predicted octanol–water partition coefficient (Wildman–Crippen LogP) is 2.22. The number of piperidine rings is 1. The first-order valence-electron chi connectivity index (χ1n) is 7.11. The third kappa shape index (κ3) is 4.50. The van der Waals surface area contributed by atoms with Crippen LogP contribution in [0.3, 0.4) is 0 Å². The number of rotatable bonds is 4. The van der Waals surface area contributed by atoms with E-state index in [-0.39, 0.29) is 38.3 Å². The van der Waals surface area contributed by atoms with Crippen LogP contribution in [0.5, 0.6) is 0 Å². The van der Waals surface area contributed by atoms with E-state index in [9.17, 15) is 22.8 Å². The van der Waals surface area contributed by atoms with E-state index in [1.165, 1.54) is 4.90 Å². The van der Waals surface area contributed by atoms with Gasteiger partial charge in [-0.2, -0.15) is 13.2 Å². The minimum absolute atomic E-state index is 0.0560. The first-order chi connectivity index (χ1) is 9.77. The lowest BCUT2D eigenvalue weighted by molar-refractivity contribution is -0.183. The van der Waals surface area contributed by atoms with Crippen LogP contribution in [0.1, 0.15) is 32.1 Å². The molecular formula is C13H19F3N2O3. The molecule has 0 bridgehead atoms. The van der Waals surface area contributed by atoms with Gasteiger partial charge in [-0.25, -0.2) is 4.79 Å². The van der Waals surface area contributed by atoms with Crippen molar-refractivity contribution in [1.29, 1.82) is 0 Å². The van der Waals surface area contributed by atoms with Gasteiger partial charge in [0.15, 0.2) is 0 Å². The highest BCUT2D eigenvalue weighted by Crippen LogP contribution is 2.35. The van der Waals surface area contributed by atoms with Crippen molar-refractivity contribution in [3.8, 4) is 0 Å². The number of aliphatic carboxylic acids is 1. The number of carboxylic acids is 1. The van der Waals surface area contributed by atoms with Crippen molar-refractivity contribution < 1.29 is 27.9 Å². The van der Waals surface area contributed by atoms with Crippen LogP contribution >= 0.6 is 0 Å². The molecule has 120 valence electrons. The van der Waals surface area contributed by atoms with E-state index in [2.05, 4.69) is 5.32 Å². The Hall–Kier alpha value is -1.47. The summed E-state index contributed by atoms with van der Waals surface area (Å²) in [5.41, 5.74) is 0. The first kappa shape index (κ1) is 15.9. The fraction of sp³-hybridized carbons (Fsp3) is 0.846. The number of carbonyl (C=O) groups is 2. The number of carbonyl (C=O) groups excluding carboxylic acids is 1. The molecule has 1 aliphatic heterocycles. The van der Waals surface area contributed by atoms with Crippen LogP contribution in [0, 0.1) is 11.8 Å². The molecule has 1 saturated heterocycles. The van der Waals surface area contributed by atoms with E-state index >= 15 is 0 Å². The van der Waals surface area contributed by atoms with Gasteiger partial charge in [0.25, 0.3) is 0 Å². The Morgan fingerprint density at radius 3 is 2.19 bits per heavy atom. The normalized spacial score (nSPS) is 22.0. The molecule has 1 atom stereocenters. The molecule has 1 aliphatic carbocycles. The van der Waals surface area contributed by atoms with Crippen molar-refractivity contribution in [2.45, 2.75) is 44.3 Å². The molecule has 5 nitrogen and oxygen atoms in total. The number of carboxylic acid groups (broad SMARTS) is 1. The molecule has 0 aromatic carbocycles. The maximum Gasteiger partial charge on any atom is 0.391 e. The van der Waals surface area contributed by atoms with E-state index in [4.69, 9.17) is 5.11 Å². The molecule has 2 fully saturated rings. The Labute approximate surface area is 120 Å². The molecule has 1 saturated carbocycles. The van der Waals surface area contributed by atoms with Gasteiger partial charge in [-0.3, -0.25) is 4.79 Å². The highest BCUT2D eigenvalue weighted by Gasteiger charge is 2.42. The topological polar surface area (TPSA) is 69.6 Å². The SMILES string of the molecule is O=C(O)CC(NC(=O)N1CCC(C(F)(F)F)CC1)C1CC1. The van der Waals surface area contributed by atoms with Crippen molar-refractivity contribution in [3.05, 3.63) is 0 Å². The number of hydrogen-bond donors (Lipinski definition) is 2. The Balaban J connectivity index is 1.82. The zero-order valence-corrected chi connectivity index (χ0v) is 11.5. The number of likely N-dealkylation sites (tertiary alicyclic amines) is 1. The van der Waals surface area contributed by atoms with Crippen molar-refractivity contribution in [2.75, 3.05) is 13.1 Å². The quantitative estimate of drug-likeness (QED) is 0.836. The number of amides is 2. The fourth-order valence-corrected chi connectivity index (χ4v) is 2.68. The second kappa shape index (κ2) is 6.11. The summed E-state index contributed by atoms with van der Waals surface area (Å²) in [5, 5.41) is 11.5. The molecular weight excluding hydrogens is 289 g/mol. The van der Waals surface area contributed by atoms with Crippen LogP contribution in [-0.4, -0.2) is 47.3 Å². The van der Waals surface area contributed by atoms with Gasteiger partial charge in [0.1, 0.15) is 0 Å². The monoisotopic (exact) mass is 308 g/mol. The molecule has 2 N–H and O–H groups in total. The molecule has 2 amide bonds. The average molecular weight is 308 g/mol. The lowest BCUT2D eigenvalue weighted by Gasteiger charge is -2.33. The van der Waals surface area contributed by atoms with Gasteiger partial charge in [0.2, 0.25) is 0 Å². The molecule has 2 aliphatic rings. The average Bonchev–Trinajstić information content (AvgIpc) is 3.20. The van der Waals surface area contributed by atoms with Gasteiger partial charge >= 0.3 is 18.2 Å². The summed E-state index contributed by atoms with van der Waals surface area (Å²) in [6.45, 7) is 0.112. The predicted molar refractivity (Wildman–Crippen MR) is 67.6 cm³/mol. The molecule has 0 radical (unpaired) electrons. The van der Waals surface area contributed by atoms with Gasteiger partial charge in [-0.05, 0) is 31.6 Å². The van der Waals surface area contributed by atoms with E-state index in [1.54, 1.807) is 0 Å². The summed E-state index contributed by atoms with van der Waals surface area (Å²) in [6, 6.07) is -0.871. The molecule has 1 heterocycles. The second-order valence-corrected chi connectivity index (χ2v) is 5.79. The third-order valence-electron chi connectivity index (χ3n) is 4.14. The number of hydrogen-bond acceptors (Lipinski definition) is 2. The number of halogens is 3. The Kier molecular flexibility index (Phi) is 4.63. The Bertz CT molecular complexity index is 402. The second-order valence-electron chi connectivity index (χ2n) is 5.79. The van der Waals surface area contributed by atoms with Crippen LogP contribution in [0.2, 0.25) is 0 Å². The van der Waals surface area contributed by atoms with E-state index in [0.29, 0.717) is 0 Å². The van der Waals surface area contributed by atoms with Gasteiger partial charge in [0.05, 0.1) is 12.3 Å². The Morgan fingerprint density at radius 1 is 1.19 bits per heavy atom. The minimum Gasteiger partial charge on any atom is -0.481 e. The standard InChI is InChI=1S/C13H19F3N2O3/c14-13(15,16)9-3-5-18(6-4-9)12(21)17-10(7-11(19)20)8-1-2-8/h8-10H,1-7H2,(H,17,21)(H,19,20). The maximum atomic E-state index is 12.6. The Morgan fingerprint density at radius 2 is 1.76 bits per heavy atom. The van der Waals surface area contributed by atoms with Crippen LogP contribution in [0.25, 0.3) is 0 Å². The van der Waals surface area contributed by atoms with Gasteiger partial charge in [0, 0.05) is 19.1 Å². The lowest BCUT2D eigenvalue weighted by atomic mass is 9.96. The summed E-state index contributed by atoms with van der Waals surface area (Å²) in [7, 11) is 0. The lowest BCUT2D eigenvalue weighted by Crippen LogP contribution is -2.50. The smallest absolute Gasteiger partial charge is 0.391 e. The molecule has 0 spiro atoms. The van der Waals surface area contributed by atoms with Gasteiger partial charge in [-0.1, -0.05) is 0 Å². The summed E-state index contributed by atoms with van der Waals surface area (Å²) < 4.78 is 37.7. The third-order valence-corrected chi connectivity index (χ3v) is 4.14. The van der Waals surface area contributed by atoms with Crippen molar-refractivity contribution >= 4 is 12.0 Å². The summed E-state index contributed by atoms with van der Waals surface area (Å²) in [6.07, 6.45) is -2.77. The molecule has 1 unspecified atom stereocenters. The number of nitrogens with zero attached hydrogens (tertiary/aromatic N) is 1. The number of nitrogens with one attached hydrogen (secondary N) is 1. The van der Waals surface area contributed by atoms with Crippen LogP contribution in [0.15, 0.2) is 0 Å². The zero-order chi connectivity index (χ0) is 15.6. The van der Waals surface area contributed by atoms with Crippen molar-refractivity contribution in [1.82, 2.24) is 10.2 Å². The fourth-order valence-electron chi connectivity index (χ4n) is 2.68. The van der Waals surface area contributed by atoms with Crippen LogP contribution in [-0.2, 0) is 4.79 Å². The van der Waals surface area contributed by atoms with Crippen LogP contribution < -0.4 is 5.32 Å².